The van der Waals surface area contributed by atoms with E-state index in [0.717, 1.165) is 6.07 Å². The number of amides is 2. The highest BCUT2D eigenvalue weighted by molar-refractivity contribution is 7.90. The summed E-state index contributed by atoms with van der Waals surface area (Å²) < 4.78 is 39.0. The van der Waals surface area contributed by atoms with Gasteiger partial charge in [0.1, 0.15) is 5.82 Å². The third kappa shape index (κ3) is 2.53. The fourth-order valence-electron chi connectivity index (χ4n) is 1.57. The van der Waals surface area contributed by atoms with Crippen molar-refractivity contribution in [2.24, 2.45) is 0 Å². The molecule has 8 heteroatoms. The maximum Gasteiger partial charge on any atom is 0.328 e. The number of urea groups is 1. The van der Waals surface area contributed by atoms with E-state index in [1.54, 1.807) is 4.72 Å². The SMILES string of the molecule is CNC(=O)NS(=O)(=O)c1c(C)cc(F)c(N)c1C. The van der Waals surface area contributed by atoms with E-state index in [1.165, 1.54) is 20.9 Å². The zero-order chi connectivity index (χ0) is 14.1. The topological polar surface area (TPSA) is 101 Å². The molecular weight excluding hydrogens is 261 g/mol. The number of carbonyl (C=O) groups is 1. The normalized spacial score (nSPS) is 11.1. The van der Waals surface area contributed by atoms with Gasteiger partial charge in [0.2, 0.25) is 0 Å². The molecule has 0 bridgehead atoms. The summed E-state index contributed by atoms with van der Waals surface area (Å²) in [4.78, 5) is 10.9. The number of aryl methyl sites for hydroxylation is 1. The Bertz CT molecular complexity index is 599. The second-order valence-electron chi connectivity index (χ2n) is 3.73. The highest BCUT2D eigenvalue weighted by Gasteiger charge is 2.24. The van der Waals surface area contributed by atoms with Gasteiger partial charge in [-0.1, -0.05) is 0 Å². The molecule has 0 atom stereocenters. The van der Waals surface area contributed by atoms with Crippen LogP contribution in [0.5, 0.6) is 0 Å². The summed E-state index contributed by atoms with van der Waals surface area (Å²) in [5.74, 6) is -0.691. The maximum absolute atomic E-state index is 13.3. The molecule has 0 radical (unpaired) electrons. The van der Waals surface area contributed by atoms with Gasteiger partial charge >= 0.3 is 6.03 Å². The molecule has 1 aromatic rings. The number of nitrogen functional groups attached to an aromatic ring is 1. The van der Waals surface area contributed by atoms with Gasteiger partial charge in [-0.2, -0.15) is 0 Å². The molecule has 100 valence electrons. The van der Waals surface area contributed by atoms with Crippen molar-refractivity contribution >= 4 is 21.7 Å². The number of anilines is 1. The summed E-state index contributed by atoms with van der Waals surface area (Å²) in [6, 6.07) is 0.137. The quantitative estimate of drug-likeness (QED) is 0.689. The number of nitrogens with two attached hydrogens (primary N) is 1. The summed E-state index contributed by atoms with van der Waals surface area (Å²) in [5.41, 5.74) is 5.44. The van der Waals surface area contributed by atoms with Crippen molar-refractivity contribution in [1.82, 2.24) is 10.0 Å². The smallest absolute Gasteiger partial charge is 0.328 e. The van der Waals surface area contributed by atoms with Crippen LogP contribution in [0.4, 0.5) is 14.9 Å². The minimum Gasteiger partial charge on any atom is -0.396 e. The number of rotatable bonds is 2. The zero-order valence-electron chi connectivity index (χ0n) is 10.2. The van der Waals surface area contributed by atoms with Crippen LogP contribution in [-0.4, -0.2) is 21.5 Å². The molecule has 0 spiro atoms. The number of hydrogen-bond acceptors (Lipinski definition) is 4. The summed E-state index contributed by atoms with van der Waals surface area (Å²) in [5, 5.41) is 2.12. The average molecular weight is 275 g/mol. The molecular formula is C10H14FN3O3S. The predicted molar refractivity (Wildman–Crippen MR) is 65.1 cm³/mol. The Balaban J connectivity index is 3.42. The summed E-state index contributed by atoms with van der Waals surface area (Å²) >= 11 is 0. The number of carbonyl (C=O) groups excluding carboxylic acids is 1. The van der Waals surface area contributed by atoms with E-state index in [0.29, 0.717) is 0 Å². The van der Waals surface area contributed by atoms with Crippen molar-refractivity contribution in [3.63, 3.8) is 0 Å². The lowest BCUT2D eigenvalue weighted by molar-refractivity contribution is 0.248. The van der Waals surface area contributed by atoms with Gasteiger partial charge in [0.15, 0.2) is 0 Å². The summed E-state index contributed by atoms with van der Waals surface area (Å²) in [6.07, 6.45) is 0. The van der Waals surface area contributed by atoms with Crippen molar-refractivity contribution in [3.05, 3.63) is 23.0 Å². The third-order valence-electron chi connectivity index (χ3n) is 2.43. The van der Waals surface area contributed by atoms with Gasteiger partial charge in [0, 0.05) is 7.05 Å². The van der Waals surface area contributed by atoms with Gasteiger partial charge in [0.05, 0.1) is 10.6 Å². The van der Waals surface area contributed by atoms with Gasteiger partial charge < -0.3 is 11.1 Å². The lowest BCUT2D eigenvalue weighted by Crippen LogP contribution is -2.38. The number of halogens is 1. The summed E-state index contributed by atoms with van der Waals surface area (Å²) in [7, 11) is -2.80. The van der Waals surface area contributed by atoms with Crippen LogP contribution in [0, 0.1) is 19.7 Å². The van der Waals surface area contributed by atoms with E-state index in [1.807, 2.05) is 0 Å². The Morgan fingerprint density at radius 1 is 1.39 bits per heavy atom. The van der Waals surface area contributed by atoms with E-state index in [9.17, 15) is 17.6 Å². The van der Waals surface area contributed by atoms with Crippen LogP contribution < -0.4 is 15.8 Å². The molecule has 0 aliphatic heterocycles. The Morgan fingerprint density at radius 2 is 1.94 bits per heavy atom. The molecule has 1 aromatic carbocycles. The van der Waals surface area contributed by atoms with Crippen molar-refractivity contribution in [1.29, 1.82) is 0 Å². The van der Waals surface area contributed by atoms with Crippen LogP contribution in [0.25, 0.3) is 0 Å². The van der Waals surface area contributed by atoms with E-state index in [4.69, 9.17) is 5.73 Å². The van der Waals surface area contributed by atoms with Crippen LogP contribution in [-0.2, 0) is 10.0 Å². The second-order valence-corrected chi connectivity index (χ2v) is 5.35. The molecule has 0 fully saturated rings. The standard InChI is InChI=1S/C10H14FN3O3S/c1-5-4-7(11)8(12)6(2)9(5)18(16,17)14-10(15)13-3/h4H,12H2,1-3H3,(H2,13,14,15). The van der Waals surface area contributed by atoms with Crippen molar-refractivity contribution in [3.8, 4) is 0 Å². The highest BCUT2D eigenvalue weighted by atomic mass is 32.2. The third-order valence-corrected chi connectivity index (χ3v) is 4.05. The summed E-state index contributed by atoms with van der Waals surface area (Å²) in [6.45, 7) is 2.80. The lowest BCUT2D eigenvalue weighted by atomic mass is 10.1. The lowest BCUT2D eigenvalue weighted by Gasteiger charge is -2.14. The van der Waals surface area contributed by atoms with Crippen LogP contribution >= 0.6 is 0 Å². The number of benzene rings is 1. The zero-order valence-corrected chi connectivity index (χ0v) is 11.0. The average Bonchev–Trinajstić information content (AvgIpc) is 2.24. The van der Waals surface area contributed by atoms with Gasteiger partial charge in [-0.05, 0) is 31.0 Å². The van der Waals surface area contributed by atoms with Crippen molar-refractivity contribution in [2.45, 2.75) is 18.7 Å². The monoisotopic (exact) mass is 275 g/mol. The molecule has 0 aliphatic rings. The molecule has 0 unspecified atom stereocenters. The molecule has 0 heterocycles. The number of sulfonamides is 1. The van der Waals surface area contributed by atoms with Crippen molar-refractivity contribution < 1.29 is 17.6 Å². The predicted octanol–water partition coefficient (Wildman–Crippen LogP) is 0.642. The maximum atomic E-state index is 13.3. The fourth-order valence-corrected chi connectivity index (χ4v) is 3.01. The molecule has 1 rings (SSSR count). The minimum absolute atomic E-state index is 0.0731. The first-order chi connectivity index (χ1) is 8.20. The molecule has 0 saturated heterocycles. The molecule has 4 N–H and O–H groups in total. The Morgan fingerprint density at radius 3 is 2.44 bits per heavy atom. The van der Waals surface area contributed by atoms with E-state index in [-0.39, 0.29) is 21.7 Å². The van der Waals surface area contributed by atoms with Crippen LogP contribution in [0.2, 0.25) is 0 Å². The molecule has 0 saturated carbocycles. The van der Waals surface area contributed by atoms with Gasteiger partial charge in [0.25, 0.3) is 10.0 Å². The van der Waals surface area contributed by atoms with E-state index < -0.39 is 21.9 Å². The van der Waals surface area contributed by atoms with Gasteiger partial charge in [-0.25, -0.2) is 22.3 Å². The van der Waals surface area contributed by atoms with Crippen LogP contribution in [0.3, 0.4) is 0 Å². The highest BCUT2D eigenvalue weighted by Crippen LogP contribution is 2.27. The first-order valence-electron chi connectivity index (χ1n) is 5.00. The largest absolute Gasteiger partial charge is 0.396 e. The molecule has 0 aliphatic carbocycles. The second kappa shape index (κ2) is 4.81. The van der Waals surface area contributed by atoms with E-state index >= 15 is 0 Å². The van der Waals surface area contributed by atoms with Crippen LogP contribution in [0.15, 0.2) is 11.0 Å². The van der Waals surface area contributed by atoms with Gasteiger partial charge in [-0.15, -0.1) is 0 Å². The molecule has 2 amide bonds. The molecule has 0 aromatic heterocycles. The Kier molecular flexibility index (Phi) is 3.80. The number of nitrogens with one attached hydrogen (secondary N) is 2. The number of hydrogen-bond donors (Lipinski definition) is 3. The van der Waals surface area contributed by atoms with Crippen LogP contribution in [0.1, 0.15) is 11.1 Å². The Labute approximate surface area is 104 Å². The Hall–Kier alpha value is -1.83. The fraction of sp³-hybridized carbons (Fsp3) is 0.300. The van der Waals surface area contributed by atoms with E-state index in [2.05, 4.69) is 5.32 Å². The van der Waals surface area contributed by atoms with Crippen molar-refractivity contribution in [2.75, 3.05) is 12.8 Å². The first-order valence-corrected chi connectivity index (χ1v) is 6.48. The molecule has 6 nitrogen and oxygen atoms in total. The first kappa shape index (κ1) is 14.2. The minimum atomic E-state index is -4.08. The van der Waals surface area contributed by atoms with Gasteiger partial charge in [-0.3, -0.25) is 0 Å². The molecule has 18 heavy (non-hydrogen) atoms.